The molecule has 1 atom stereocenters. The van der Waals surface area contributed by atoms with E-state index in [4.69, 9.17) is 0 Å². The molecule has 4 rings (SSSR count). The molecular formula is C16H18N6O. The van der Waals surface area contributed by atoms with Crippen LogP contribution in [0.5, 0.6) is 0 Å². The highest BCUT2D eigenvalue weighted by atomic mass is 16.1. The maximum atomic E-state index is 12.3. The Labute approximate surface area is 133 Å². The zero-order valence-corrected chi connectivity index (χ0v) is 12.7. The van der Waals surface area contributed by atoms with Crippen molar-refractivity contribution in [2.75, 3.05) is 13.1 Å². The smallest absolute Gasteiger partial charge is 0.258 e. The Kier molecular flexibility index (Phi) is 3.63. The van der Waals surface area contributed by atoms with E-state index >= 15 is 0 Å². The van der Waals surface area contributed by atoms with Crippen molar-refractivity contribution in [3.8, 4) is 0 Å². The molecule has 2 aromatic heterocycles. The quantitative estimate of drug-likeness (QED) is 0.787. The molecule has 1 aliphatic heterocycles. The summed E-state index contributed by atoms with van der Waals surface area (Å²) in [5.74, 6) is 0.764. The van der Waals surface area contributed by atoms with Gasteiger partial charge in [-0.2, -0.15) is 15.0 Å². The molecule has 7 nitrogen and oxygen atoms in total. The molecule has 1 saturated heterocycles. The third-order valence-electron chi connectivity index (χ3n) is 4.36. The van der Waals surface area contributed by atoms with Crippen LogP contribution in [0.15, 0.2) is 41.5 Å². The Bertz CT molecular complexity index is 856. The molecule has 118 valence electrons. The predicted molar refractivity (Wildman–Crippen MR) is 85.9 cm³/mol. The van der Waals surface area contributed by atoms with Gasteiger partial charge in [0.05, 0.1) is 35.9 Å². The molecule has 0 bridgehead atoms. The number of H-pyrrole nitrogens is 1. The van der Waals surface area contributed by atoms with Gasteiger partial charge < -0.3 is 4.98 Å². The first kappa shape index (κ1) is 14.1. The van der Waals surface area contributed by atoms with Gasteiger partial charge in [0.2, 0.25) is 0 Å². The monoisotopic (exact) mass is 310 g/mol. The number of likely N-dealkylation sites (tertiary alicyclic amines) is 1. The first-order valence-electron chi connectivity index (χ1n) is 7.88. The molecular weight excluding hydrogens is 292 g/mol. The number of fused-ring (bicyclic) bond motifs is 1. The van der Waals surface area contributed by atoms with Crippen LogP contribution < -0.4 is 5.56 Å². The largest absolute Gasteiger partial charge is 0.309 e. The Morgan fingerprint density at radius 1 is 1.17 bits per heavy atom. The van der Waals surface area contributed by atoms with Crippen molar-refractivity contribution in [1.82, 2.24) is 29.9 Å². The fourth-order valence-electron chi connectivity index (χ4n) is 3.24. The fraction of sp³-hybridized carbons (Fsp3) is 0.375. The summed E-state index contributed by atoms with van der Waals surface area (Å²) in [6, 6.07) is 7.62. The molecule has 3 heterocycles. The van der Waals surface area contributed by atoms with Gasteiger partial charge in [0.1, 0.15) is 5.82 Å². The van der Waals surface area contributed by atoms with Crippen LogP contribution in [0.2, 0.25) is 0 Å². The molecule has 23 heavy (non-hydrogen) atoms. The topological polar surface area (TPSA) is 79.7 Å². The van der Waals surface area contributed by atoms with Crippen molar-refractivity contribution < 1.29 is 0 Å². The van der Waals surface area contributed by atoms with Gasteiger partial charge in [-0.1, -0.05) is 12.1 Å². The molecule has 0 amide bonds. The van der Waals surface area contributed by atoms with Crippen LogP contribution in [0.3, 0.4) is 0 Å². The number of hydrogen-bond acceptors (Lipinski definition) is 5. The average molecular weight is 310 g/mol. The van der Waals surface area contributed by atoms with E-state index < -0.39 is 0 Å². The Morgan fingerprint density at radius 3 is 2.87 bits per heavy atom. The molecule has 0 saturated carbocycles. The van der Waals surface area contributed by atoms with Crippen molar-refractivity contribution in [2.45, 2.75) is 25.4 Å². The number of para-hydroxylation sites is 1. The molecule has 7 heteroatoms. The minimum Gasteiger partial charge on any atom is -0.309 e. The summed E-state index contributed by atoms with van der Waals surface area (Å²) < 4.78 is 0. The predicted octanol–water partition coefficient (Wildman–Crippen LogP) is 1.35. The molecule has 1 aliphatic rings. The number of benzene rings is 1. The Hall–Kier alpha value is -2.54. The molecule has 0 radical (unpaired) electrons. The minimum atomic E-state index is -0.0637. The van der Waals surface area contributed by atoms with Crippen LogP contribution in [0.25, 0.3) is 10.9 Å². The second-order valence-corrected chi connectivity index (χ2v) is 5.79. The van der Waals surface area contributed by atoms with Crippen LogP contribution in [0, 0.1) is 0 Å². The fourth-order valence-corrected chi connectivity index (χ4v) is 3.24. The van der Waals surface area contributed by atoms with Gasteiger partial charge in [-0.15, -0.1) is 0 Å². The lowest BCUT2D eigenvalue weighted by Crippen LogP contribution is -2.30. The van der Waals surface area contributed by atoms with E-state index in [1.807, 2.05) is 18.2 Å². The summed E-state index contributed by atoms with van der Waals surface area (Å²) in [6.45, 7) is 2.58. The van der Waals surface area contributed by atoms with Crippen molar-refractivity contribution in [1.29, 1.82) is 0 Å². The number of rotatable bonds is 4. The lowest BCUT2D eigenvalue weighted by molar-refractivity contribution is 0.230. The highest BCUT2D eigenvalue weighted by Gasteiger charge is 2.28. The number of nitrogens with zero attached hydrogens (tertiary/aromatic N) is 5. The van der Waals surface area contributed by atoms with Crippen LogP contribution in [-0.4, -0.2) is 43.0 Å². The van der Waals surface area contributed by atoms with Gasteiger partial charge in [0.15, 0.2) is 0 Å². The van der Waals surface area contributed by atoms with Gasteiger partial charge in [0, 0.05) is 6.54 Å². The van der Waals surface area contributed by atoms with E-state index in [-0.39, 0.29) is 11.6 Å². The van der Waals surface area contributed by atoms with Gasteiger partial charge in [-0.25, -0.2) is 4.98 Å². The second-order valence-electron chi connectivity index (χ2n) is 5.79. The molecule has 1 fully saturated rings. The van der Waals surface area contributed by atoms with Gasteiger partial charge in [0.25, 0.3) is 5.56 Å². The van der Waals surface area contributed by atoms with Crippen molar-refractivity contribution in [3.63, 3.8) is 0 Å². The summed E-state index contributed by atoms with van der Waals surface area (Å²) in [5.41, 5.74) is 0.693. The summed E-state index contributed by atoms with van der Waals surface area (Å²) in [7, 11) is 0. The summed E-state index contributed by atoms with van der Waals surface area (Å²) >= 11 is 0. The van der Waals surface area contributed by atoms with E-state index in [1.165, 1.54) is 0 Å². The maximum Gasteiger partial charge on any atom is 0.258 e. The number of aromatic amines is 1. The molecule has 1 aromatic carbocycles. The zero-order valence-electron chi connectivity index (χ0n) is 12.7. The Morgan fingerprint density at radius 2 is 2.00 bits per heavy atom. The van der Waals surface area contributed by atoms with Crippen LogP contribution in [0.4, 0.5) is 0 Å². The zero-order chi connectivity index (χ0) is 15.6. The first-order valence-corrected chi connectivity index (χ1v) is 7.88. The standard InChI is InChI=1S/C16H18N6O/c23-16-12-4-1-2-5-13(12)19-15(20-16)14-6-3-9-21(14)10-11-22-17-7-8-18-22/h1-2,4-5,7-8,14H,3,6,9-11H2,(H,19,20,23). The first-order chi connectivity index (χ1) is 11.3. The van der Waals surface area contributed by atoms with Crippen molar-refractivity contribution in [2.24, 2.45) is 0 Å². The van der Waals surface area contributed by atoms with Crippen LogP contribution in [0.1, 0.15) is 24.7 Å². The lowest BCUT2D eigenvalue weighted by atomic mass is 10.2. The van der Waals surface area contributed by atoms with Gasteiger partial charge in [-0.05, 0) is 31.5 Å². The van der Waals surface area contributed by atoms with Crippen molar-refractivity contribution >= 4 is 10.9 Å². The summed E-state index contributed by atoms with van der Waals surface area (Å²) in [5, 5.41) is 8.91. The normalized spacial score (nSPS) is 18.7. The van der Waals surface area contributed by atoms with Crippen LogP contribution in [-0.2, 0) is 6.54 Å². The average Bonchev–Trinajstić information content (AvgIpc) is 3.24. The highest BCUT2D eigenvalue weighted by Crippen LogP contribution is 2.29. The molecule has 0 spiro atoms. The van der Waals surface area contributed by atoms with Crippen LogP contribution >= 0.6 is 0 Å². The second kappa shape index (κ2) is 5.92. The van der Waals surface area contributed by atoms with Gasteiger partial charge in [-0.3, -0.25) is 9.69 Å². The summed E-state index contributed by atoms with van der Waals surface area (Å²) in [4.78, 5) is 23.9. The van der Waals surface area contributed by atoms with E-state index in [9.17, 15) is 4.79 Å². The Balaban J connectivity index is 1.59. The molecule has 1 unspecified atom stereocenters. The number of aromatic nitrogens is 5. The SMILES string of the molecule is O=c1[nH]c(C2CCCN2CCn2nccn2)nc2ccccc12. The lowest BCUT2D eigenvalue weighted by Gasteiger charge is -2.23. The molecule has 0 aliphatic carbocycles. The summed E-state index contributed by atoms with van der Waals surface area (Å²) in [6.07, 6.45) is 5.48. The van der Waals surface area contributed by atoms with E-state index in [1.54, 1.807) is 23.3 Å². The van der Waals surface area contributed by atoms with E-state index in [0.717, 1.165) is 43.8 Å². The van der Waals surface area contributed by atoms with E-state index in [0.29, 0.717) is 5.39 Å². The maximum absolute atomic E-state index is 12.3. The van der Waals surface area contributed by atoms with E-state index in [2.05, 4.69) is 25.1 Å². The molecule has 3 aromatic rings. The molecule has 1 N–H and O–H groups in total. The highest BCUT2D eigenvalue weighted by molar-refractivity contribution is 5.77. The van der Waals surface area contributed by atoms with Crippen molar-refractivity contribution in [3.05, 3.63) is 52.8 Å². The minimum absolute atomic E-state index is 0.0637. The number of nitrogens with one attached hydrogen (secondary N) is 1. The number of hydrogen-bond donors (Lipinski definition) is 1. The van der Waals surface area contributed by atoms with Gasteiger partial charge >= 0.3 is 0 Å². The third kappa shape index (κ3) is 2.75. The third-order valence-corrected chi connectivity index (χ3v) is 4.36.